The maximum Gasteiger partial charge on any atom is 0.311 e. The van der Waals surface area contributed by atoms with Gasteiger partial charge in [-0.2, -0.15) is 0 Å². The number of aromatic nitrogens is 1. The van der Waals surface area contributed by atoms with Gasteiger partial charge >= 0.3 is 5.69 Å². The van der Waals surface area contributed by atoms with Gasteiger partial charge in [-0.15, -0.1) is 0 Å². The minimum atomic E-state index is -0.754. The number of halogens is 3. The van der Waals surface area contributed by atoms with Crippen LogP contribution in [0, 0.1) is 15.9 Å². The Hall–Kier alpha value is -2.12. The van der Waals surface area contributed by atoms with E-state index in [1.807, 2.05) is 0 Å². The summed E-state index contributed by atoms with van der Waals surface area (Å²) in [4.78, 5) is 14.5. The lowest BCUT2D eigenvalue weighted by molar-refractivity contribution is -0.384. The highest BCUT2D eigenvalue weighted by Crippen LogP contribution is 2.31. The standard InChI is InChI=1S/C12H9Cl2FN4O2/c1-16-10-3-2-9(19(20)21)12(18-10)17-6-4-7(13)11(15)8(14)5-6/h2-5H,1H3,(H2,16,17,18). The van der Waals surface area contributed by atoms with Crippen LogP contribution < -0.4 is 10.6 Å². The lowest BCUT2D eigenvalue weighted by Crippen LogP contribution is -2.02. The predicted octanol–water partition coefficient (Wildman–Crippen LogP) is 4.22. The first-order valence-corrected chi connectivity index (χ1v) is 6.42. The Morgan fingerprint density at radius 3 is 2.43 bits per heavy atom. The number of nitrogens with zero attached hydrogens (tertiary/aromatic N) is 2. The highest BCUT2D eigenvalue weighted by molar-refractivity contribution is 6.35. The number of nitro groups is 1. The van der Waals surface area contributed by atoms with Crippen molar-refractivity contribution in [3.05, 3.63) is 50.2 Å². The van der Waals surface area contributed by atoms with E-state index in [9.17, 15) is 14.5 Å². The molecule has 0 aliphatic carbocycles. The second-order valence-corrected chi connectivity index (χ2v) is 4.76. The van der Waals surface area contributed by atoms with Crippen LogP contribution in [0.25, 0.3) is 0 Å². The first kappa shape index (κ1) is 15.3. The first-order valence-electron chi connectivity index (χ1n) is 5.67. The van der Waals surface area contributed by atoms with Gasteiger partial charge in [-0.25, -0.2) is 9.37 Å². The van der Waals surface area contributed by atoms with Gasteiger partial charge in [0.1, 0.15) is 5.82 Å². The Kier molecular flexibility index (Phi) is 4.44. The number of hydrogen-bond donors (Lipinski definition) is 2. The summed E-state index contributed by atoms with van der Waals surface area (Å²) in [5, 5.41) is 16.1. The van der Waals surface area contributed by atoms with Crippen molar-refractivity contribution >= 4 is 46.2 Å². The Bertz CT molecular complexity index is 689. The van der Waals surface area contributed by atoms with Crippen molar-refractivity contribution in [1.82, 2.24) is 4.98 Å². The van der Waals surface area contributed by atoms with E-state index in [2.05, 4.69) is 15.6 Å². The van der Waals surface area contributed by atoms with Crippen LogP contribution >= 0.6 is 23.2 Å². The van der Waals surface area contributed by atoms with Crippen molar-refractivity contribution in [3.8, 4) is 0 Å². The highest BCUT2D eigenvalue weighted by atomic mass is 35.5. The van der Waals surface area contributed by atoms with E-state index in [1.165, 1.54) is 24.3 Å². The van der Waals surface area contributed by atoms with E-state index in [0.29, 0.717) is 5.82 Å². The lowest BCUT2D eigenvalue weighted by atomic mass is 10.3. The zero-order valence-corrected chi connectivity index (χ0v) is 12.2. The van der Waals surface area contributed by atoms with Crippen molar-refractivity contribution in [3.63, 3.8) is 0 Å². The molecule has 0 amide bonds. The van der Waals surface area contributed by atoms with Gasteiger partial charge < -0.3 is 10.6 Å². The fourth-order valence-electron chi connectivity index (χ4n) is 1.59. The van der Waals surface area contributed by atoms with Gasteiger partial charge in [0, 0.05) is 18.8 Å². The van der Waals surface area contributed by atoms with E-state index < -0.39 is 10.7 Å². The average molecular weight is 331 g/mol. The number of benzene rings is 1. The molecular weight excluding hydrogens is 322 g/mol. The van der Waals surface area contributed by atoms with Gasteiger partial charge in [0.15, 0.2) is 5.82 Å². The van der Waals surface area contributed by atoms with Crippen LogP contribution in [0.15, 0.2) is 24.3 Å². The van der Waals surface area contributed by atoms with Crippen molar-refractivity contribution in [1.29, 1.82) is 0 Å². The second kappa shape index (κ2) is 6.11. The maximum atomic E-state index is 13.4. The summed E-state index contributed by atoms with van der Waals surface area (Å²) in [5.41, 5.74) is 0.0563. The number of hydrogen-bond acceptors (Lipinski definition) is 5. The highest BCUT2D eigenvalue weighted by Gasteiger charge is 2.17. The summed E-state index contributed by atoms with van der Waals surface area (Å²) in [6.45, 7) is 0. The number of pyridine rings is 1. The average Bonchev–Trinajstić information content (AvgIpc) is 2.44. The largest absolute Gasteiger partial charge is 0.373 e. The first-order chi connectivity index (χ1) is 9.92. The van der Waals surface area contributed by atoms with Crippen LogP contribution in [0.3, 0.4) is 0 Å². The molecule has 1 heterocycles. The second-order valence-electron chi connectivity index (χ2n) is 3.95. The van der Waals surface area contributed by atoms with Crippen LogP contribution in [-0.4, -0.2) is 17.0 Å². The molecule has 21 heavy (non-hydrogen) atoms. The molecule has 2 N–H and O–H groups in total. The van der Waals surface area contributed by atoms with E-state index in [0.717, 1.165) is 0 Å². The van der Waals surface area contributed by atoms with E-state index in [1.54, 1.807) is 7.05 Å². The zero-order chi connectivity index (χ0) is 15.6. The monoisotopic (exact) mass is 330 g/mol. The molecule has 110 valence electrons. The normalized spacial score (nSPS) is 10.3. The van der Waals surface area contributed by atoms with Crippen molar-refractivity contribution in [2.24, 2.45) is 0 Å². The SMILES string of the molecule is CNc1ccc([N+](=O)[O-])c(Nc2cc(Cl)c(F)c(Cl)c2)n1. The molecule has 1 aromatic heterocycles. The molecule has 0 aliphatic heterocycles. The third-order valence-electron chi connectivity index (χ3n) is 2.57. The van der Waals surface area contributed by atoms with Crippen LogP contribution in [0.1, 0.15) is 0 Å². The summed E-state index contributed by atoms with van der Waals surface area (Å²) in [6, 6.07) is 5.29. The van der Waals surface area contributed by atoms with Gasteiger partial charge in [-0.3, -0.25) is 10.1 Å². The summed E-state index contributed by atoms with van der Waals surface area (Å²) in [5.74, 6) is -0.330. The van der Waals surface area contributed by atoms with Gasteiger partial charge in [-0.05, 0) is 18.2 Å². The minimum absolute atomic E-state index is 0.00871. The molecule has 0 bridgehead atoms. The van der Waals surface area contributed by atoms with E-state index >= 15 is 0 Å². The van der Waals surface area contributed by atoms with Crippen LogP contribution in [-0.2, 0) is 0 Å². The quantitative estimate of drug-likeness (QED) is 0.498. The third kappa shape index (κ3) is 3.32. The van der Waals surface area contributed by atoms with Crippen molar-refractivity contribution in [2.45, 2.75) is 0 Å². The van der Waals surface area contributed by atoms with Gasteiger partial charge in [0.05, 0.1) is 15.0 Å². The molecule has 0 fully saturated rings. The predicted molar refractivity (Wildman–Crippen MR) is 80.1 cm³/mol. The molecule has 2 rings (SSSR count). The minimum Gasteiger partial charge on any atom is -0.373 e. The summed E-state index contributed by atoms with van der Waals surface area (Å²) < 4.78 is 13.4. The Labute approximate surface area is 129 Å². The smallest absolute Gasteiger partial charge is 0.311 e. The van der Waals surface area contributed by atoms with Crippen molar-refractivity contribution in [2.75, 3.05) is 17.7 Å². The molecular formula is C12H9Cl2FN4O2. The van der Waals surface area contributed by atoms with Gasteiger partial charge in [0.25, 0.3) is 0 Å². The summed E-state index contributed by atoms with van der Waals surface area (Å²) in [6.07, 6.45) is 0. The third-order valence-corrected chi connectivity index (χ3v) is 3.12. The Balaban J connectivity index is 2.45. The van der Waals surface area contributed by atoms with E-state index in [-0.39, 0.29) is 27.2 Å². The molecule has 0 aliphatic rings. The molecule has 0 atom stereocenters. The van der Waals surface area contributed by atoms with E-state index in [4.69, 9.17) is 23.2 Å². The van der Waals surface area contributed by atoms with Crippen molar-refractivity contribution < 1.29 is 9.31 Å². The van der Waals surface area contributed by atoms with Crippen LogP contribution in [0.4, 0.5) is 27.4 Å². The fourth-order valence-corrected chi connectivity index (χ4v) is 2.08. The molecule has 9 heteroatoms. The fraction of sp³-hybridized carbons (Fsp3) is 0.0833. The molecule has 0 saturated heterocycles. The summed E-state index contributed by atoms with van der Waals surface area (Å²) in [7, 11) is 1.63. The number of rotatable bonds is 4. The maximum absolute atomic E-state index is 13.4. The number of nitrogens with one attached hydrogen (secondary N) is 2. The Morgan fingerprint density at radius 1 is 1.29 bits per heavy atom. The Morgan fingerprint density at radius 2 is 1.90 bits per heavy atom. The zero-order valence-electron chi connectivity index (χ0n) is 10.7. The van der Waals surface area contributed by atoms with Crippen LogP contribution in [0.5, 0.6) is 0 Å². The molecule has 6 nitrogen and oxygen atoms in total. The molecule has 0 radical (unpaired) electrons. The summed E-state index contributed by atoms with van der Waals surface area (Å²) >= 11 is 11.4. The molecule has 0 spiro atoms. The topological polar surface area (TPSA) is 80.1 Å². The van der Waals surface area contributed by atoms with Gasteiger partial charge in [0.2, 0.25) is 5.82 Å². The molecule has 0 saturated carbocycles. The number of anilines is 3. The molecule has 2 aromatic rings. The lowest BCUT2D eigenvalue weighted by Gasteiger charge is -2.09. The molecule has 1 aromatic carbocycles. The van der Waals surface area contributed by atoms with Gasteiger partial charge in [-0.1, -0.05) is 23.2 Å². The molecule has 0 unspecified atom stereocenters. The van der Waals surface area contributed by atoms with Crippen LogP contribution in [0.2, 0.25) is 10.0 Å².